The van der Waals surface area contributed by atoms with Crippen LogP contribution < -0.4 is 0 Å². The van der Waals surface area contributed by atoms with Crippen molar-refractivity contribution in [1.29, 1.82) is 0 Å². The SMILES string of the molecule is CSc1nc(C(F)(F)c2ccc(F)cc2)nc2cc(-c3c(C)noc3C)ccc12. The molecule has 0 unspecified atom stereocenters. The van der Waals surface area contributed by atoms with Gasteiger partial charge in [0.2, 0.25) is 5.82 Å². The van der Waals surface area contributed by atoms with Gasteiger partial charge in [0, 0.05) is 16.5 Å². The molecule has 29 heavy (non-hydrogen) atoms. The molecule has 8 heteroatoms. The Morgan fingerprint density at radius 3 is 2.34 bits per heavy atom. The van der Waals surface area contributed by atoms with Crippen LogP contribution in [0.15, 0.2) is 52.0 Å². The van der Waals surface area contributed by atoms with Gasteiger partial charge < -0.3 is 4.52 Å². The molecule has 0 amide bonds. The highest BCUT2D eigenvalue weighted by Crippen LogP contribution is 2.37. The fourth-order valence-electron chi connectivity index (χ4n) is 3.24. The molecule has 0 bridgehead atoms. The predicted octanol–water partition coefficient (Wildman–Crippen LogP) is 5.90. The zero-order valence-corrected chi connectivity index (χ0v) is 16.6. The van der Waals surface area contributed by atoms with Crippen LogP contribution in [-0.4, -0.2) is 21.4 Å². The van der Waals surface area contributed by atoms with Gasteiger partial charge in [0.25, 0.3) is 0 Å². The lowest BCUT2D eigenvalue weighted by atomic mass is 10.0. The van der Waals surface area contributed by atoms with E-state index < -0.39 is 17.6 Å². The van der Waals surface area contributed by atoms with Crippen molar-refractivity contribution in [2.75, 3.05) is 6.26 Å². The number of nitrogens with zero attached hydrogens (tertiary/aromatic N) is 3. The van der Waals surface area contributed by atoms with Crippen molar-refractivity contribution in [3.63, 3.8) is 0 Å². The first kappa shape index (κ1) is 19.4. The summed E-state index contributed by atoms with van der Waals surface area (Å²) in [6.45, 7) is 3.61. The molecule has 148 valence electrons. The smallest absolute Gasteiger partial charge is 0.331 e. The van der Waals surface area contributed by atoms with Crippen LogP contribution in [0.1, 0.15) is 22.8 Å². The van der Waals surface area contributed by atoms with E-state index in [2.05, 4.69) is 15.1 Å². The summed E-state index contributed by atoms with van der Waals surface area (Å²) >= 11 is 1.26. The fraction of sp³-hybridized carbons (Fsp3) is 0.190. The Labute approximate surface area is 169 Å². The summed E-state index contributed by atoms with van der Waals surface area (Å²) in [4.78, 5) is 8.26. The number of rotatable bonds is 4. The van der Waals surface area contributed by atoms with Crippen LogP contribution in [0.5, 0.6) is 0 Å². The average Bonchev–Trinajstić information content (AvgIpc) is 3.05. The van der Waals surface area contributed by atoms with E-state index in [-0.39, 0.29) is 5.56 Å². The third kappa shape index (κ3) is 3.37. The van der Waals surface area contributed by atoms with E-state index in [0.717, 1.165) is 35.4 Å². The van der Waals surface area contributed by atoms with Crippen molar-refractivity contribution in [2.45, 2.75) is 24.8 Å². The van der Waals surface area contributed by atoms with E-state index >= 15 is 8.78 Å². The Kier molecular flexibility index (Phi) is 4.82. The highest BCUT2D eigenvalue weighted by molar-refractivity contribution is 7.98. The number of halogens is 3. The Hall–Kier alpha value is -2.87. The second kappa shape index (κ2) is 7.18. The first-order valence-corrected chi connectivity index (χ1v) is 9.97. The number of alkyl halides is 2. The van der Waals surface area contributed by atoms with Crippen molar-refractivity contribution in [1.82, 2.24) is 15.1 Å². The number of benzene rings is 2. The first-order chi connectivity index (χ1) is 13.8. The standard InChI is InChI=1S/C21H16F3N3OS/c1-11-18(12(2)28-27-11)13-4-9-16-17(10-13)25-20(26-19(16)29-3)21(23,24)14-5-7-15(22)8-6-14/h4-10H,1-3H3. The van der Waals surface area contributed by atoms with Crippen molar-refractivity contribution in [3.8, 4) is 11.1 Å². The molecule has 4 rings (SSSR count). The van der Waals surface area contributed by atoms with Gasteiger partial charge in [0.05, 0.1) is 11.2 Å². The molecule has 0 fully saturated rings. The van der Waals surface area contributed by atoms with Crippen LogP contribution in [0.25, 0.3) is 22.0 Å². The van der Waals surface area contributed by atoms with Gasteiger partial charge in [-0.2, -0.15) is 8.78 Å². The molecule has 2 aromatic carbocycles. The molecule has 0 aliphatic carbocycles. The lowest BCUT2D eigenvalue weighted by molar-refractivity contribution is 0.0325. The molecular formula is C21H16F3N3OS. The maximum Gasteiger partial charge on any atom is 0.331 e. The largest absolute Gasteiger partial charge is 0.361 e. The second-order valence-electron chi connectivity index (χ2n) is 6.57. The van der Waals surface area contributed by atoms with Gasteiger partial charge in [-0.15, -0.1) is 11.8 Å². The summed E-state index contributed by atoms with van der Waals surface area (Å²) in [7, 11) is 0. The summed E-state index contributed by atoms with van der Waals surface area (Å²) in [5.41, 5.74) is 2.31. The molecule has 0 spiro atoms. The van der Waals surface area contributed by atoms with E-state index in [1.807, 2.05) is 19.1 Å². The minimum Gasteiger partial charge on any atom is -0.361 e. The summed E-state index contributed by atoms with van der Waals surface area (Å²) in [5, 5.41) is 5.06. The van der Waals surface area contributed by atoms with E-state index in [9.17, 15) is 4.39 Å². The van der Waals surface area contributed by atoms with E-state index in [1.165, 1.54) is 11.8 Å². The molecule has 0 saturated carbocycles. The summed E-state index contributed by atoms with van der Waals surface area (Å²) in [6, 6.07) is 9.49. The Morgan fingerprint density at radius 2 is 1.72 bits per heavy atom. The molecule has 4 aromatic rings. The van der Waals surface area contributed by atoms with Crippen molar-refractivity contribution >= 4 is 22.7 Å². The minimum absolute atomic E-state index is 0.368. The van der Waals surface area contributed by atoms with Gasteiger partial charge in [0.1, 0.15) is 16.6 Å². The first-order valence-electron chi connectivity index (χ1n) is 8.74. The number of aromatic nitrogens is 3. The number of thioether (sulfide) groups is 1. The Morgan fingerprint density at radius 1 is 1.00 bits per heavy atom. The van der Waals surface area contributed by atoms with E-state index in [0.29, 0.717) is 27.4 Å². The summed E-state index contributed by atoms with van der Waals surface area (Å²) in [6.07, 6.45) is 1.77. The minimum atomic E-state index is -3.47. The molecule has 0 N–H and O–H groups in total. The molecule has 0 aliphatic rings. The van der Waals surface area contributed by atoms with Crippen molar-refractivity contribution in [3.05, 3.63) is 71.1 Å². The highest BCUT2D eigenvalue weighted by atomic mass is 32.2. The molecule has 0 radical (unpaired) electrons. The molecular weight excluding hydrogens is 399 g/mol. The maximum absolute atomic E-state index is 15.1. The number of hydrogen-bond donors (Lipinski definition) is 0. The molecule has 4 nitrogen and oxygen atoms in total. The van der Waals surface area contributed by atoms with Crippen LogP contribution in [0.4, 0.5) is 13.2 Å². The van der Waals surface area contributed by atoms with Gasteiger partial charge in [0.15, 0.2) is 0 Å². The van der Waals surface area contributed by atoms with Gasteiger partial charge >= 0.3 is 5.92 Å². The van der Waals surface area contributed by atoms with Crippen LogP contribution in [0, 0.1) is 19.7 Å². The Bertz CT molecular complexity index is 1190. The van der Waals surface area contributed by atoms with Gasteiger partial charge in [-0.1, -0.05) is 11.2 Å². The topological polar surface area (TPSA) is 51.8 Å². The van der Waals surface area contributed by atoms with Crippen LogP contribution in [0.2, 0.25) is 0 Å². The van der Waals surface area contributed by atoms with Gasteiger partial charge in [-0.3, -0.25) is 0 Å². The quantitative estimate of drug-likeness (QED) is 0.307. The maximum atomic E-state index is 15.1. The number of aryl methyl sites for hydroxylation is 2. The lowest BCUT2D eigenvalue weighted by Crippen LogP contribution is -2.19. The summed E-state index contributed by atoms with van der Waals surface area (Å²) in [5.74, 6) is -4.04. The zero-order valence-electron chi connectivity index (χ0n) is 15.8. The van der Waals surface area contributed by atoms with E-state index in [4.69, 9.17) is 4.52 Å². The van der Waals surface area contributed by atoms with Crippen molar-refractivity contribution < 1.29 is 17.7 Å². The third-order valence-corrected chi connectivity index (χ3v) is 5.36. The number of fused-ring (bicyclic) bond motifs is 1. The van der Waals surface area contributed by atoms with Crippen LogP contribution in [-0.2, 0) is 5.92 Å². The molecule has 0 aliphatic heterocycles. The Balaban J connectivity index is 1.90. The summed E-state index contributed by atoms with van der Waals surface area (Å²) < 4.78 is 48.5. The molecule has 2 aromatic heterocycles. The van der Waals surface area contributed by atoms with E-state index in [1.54, 1.807) is 19.2 Å². The third-order valence-electron chi connectivity index (χ3n) is 4.66. The zero-order chi connectivity index (χ0) is 20.8. The highest BCUT2D eigenvalue weighted by Gasteiger charge is 2.38. The predicted molar refractivity (Wildman–Crippen MR) is 106 cm³/mol. The van der Waals surface area contributed by atoms with Crippen LogP contribution >= 0.6 is 11.8 Å². The molecule has 0 saturated heterocycles. The fourth-order valence-corrected chi connectivity index (χ4v) is 3.81. The monoisotopic (exact) mass is 415 g/mol. The molecule has 2 heterocycles. The average molecular weight is 415 g/mol. The molecule has 0 atom stereocenters. The number of hydrogen-bond acceptors (Lipinski definition) is 5. The second-order valence-corrected chi connectivity index (χ2v) is 7.36. The van der Waals surface area contributed by atoms with Gasteiger partial charge in [-0.25, -0.2) is 14.4 Å². The van der Waals surface area contributed by atoms with Gasteiger partial charge in [-0.05, 0) is 62.1 Å². The van der Waals surface area contributed by atoms with Crippen LogP contribution in [0.3, 0.4) is 0 Å². The normalized spacial score (nSPS) is 11.9. The lowest BCUT2D eigenvalue weighted by Gasteiger charge is -2.17. The van der Waals surface area contributed by atoms with Crippen molar-refractivity contribution in [2.24, 2.45) is 0 Å².